The van der Waals surface area contributed by atoms with Crippen LogP contribution in [0.1, 0.15) is 44.9 Å². The van der Waals surface area contributed by atoms with Crippen LogP contribution in [0.5, 0.6) is 0 Å². The molecule has 33 heavy (non-hydrogen) atoms. The molecule has 0 bridgehead atoms. The third-order valence-corrected chi connectivity index (χ3v) is 7.50. The van der Waals surface area contributed by atoms with Crippen LogP contribution in [-0.2, 0) is 4.79 Å². The molecule has 2 heterocycles. The fourth-order valence-electron chi connectivity index (χ4n) is 5.18. The van der Waals surface area contributed by atoms with Gasteiger partial charge in [-0.3, -0.25) is 14.6 Å². The second-order valence-corrected chi connectivity index (χ2v) is 11.1. The summed E-state index contributed by atoms with van der Waals surface area (Å²) in [4.78, 5) is 18.1. The molecule has 3 aromatic rings. The largest absolute Gasteiger partial charge is 0.480 e. The number of carboxylic acids is 1. The van der Waals surface area contributed by atoms with Crippen LogP contribution < -0.4 is 0 Å². The van der Waals surface area contributed by atoms with Crippen LogP contribution in [0.25, 0.3) is 10.4 Å². The van der Waals surface area contributed by atoms with E-state index in [4.69, 9.17) is 0 Å². The third kappa shape index (κ3) is 5.21. The fraction of sp³-hybridized carbons (Fsp3) is 0.393. The van der Waals surface area contributed by atoms with E-state index in [0.29, 0.717) is 0 Å². The molecule has 0 aliphatic carbocycles. The molecule has 0 saturated carbocycles. The molecule has 1 aliphatic heterocycles. The molecule has 4 rings (SSSR count). The highest BCUT2D eigenvalue weighted by molar-refractivity contribution is 7.13. The Hall–Kier alpha value is -2.47. The number of carboxylic acid groups (broad SMARTS) is 1. The first-order valence-corrected chi connectivity index (χ1v) is 12.5. The van der Waals surface area contributed by atoms with Gasteiger partial charge in [-0.05, 0) is 46.5 Å². The van der Waals surface area contributed by atoms with Crippen molar-refractivity contribution in [3.05, 3.63) is 83.2 Å². The van der Waals surface area contributed by atoms with Crippen LogP contribution in [0.4, 0.5) is 0 Å². The molecule has 2 aromatic carbocycles. The van der Waals surface area contributed by atoms with Gasteiger partial charge in [-0.15, -0.1) is 11.3 Å². The van der Waals surface area contributed by atoms with E-state index in [-0.39, 0.29) is 17.5 Å². The number of benzene rings is 2. The summed E-state index contributed by atoms with van der Waals surface area (Å²) in [5.41, 5.74) is 3.47. The molecule has 1 aliphatic rings. The maximum atomic E-state index is 12.1. The van der Waals surface area contributed by atoms with Gasteiger partial charge in [0.05, 0.1) is 6.04 Å². The Balaban J connectivity index is 1.65. The van der Waals surface area contributed by atoms with Gasteiger partial charge in [-0.2, -0.15) is 0 Å². The van der Waals surface area contributed by atoms with Crippen molar-refractivity contribution >= 4 is 17.3 Å². The molecule has 1 N–H and O–H groups in total. The third-order valence-electron chi connectivity index (χ3n) is 6.58. The molecule has 174 valence electrons. The Morgan fingerprint density at radius 2 is 1.73 bits per heavy atom. The average molecular weight is 463 g/mol. The van der Waals surface area contributed by atoms with E-state index >= 15 is 0 Å². The Morgan fingerprint density at radius 3 is 2.33 bits per heavy atom. The maximum Gasteiger partial charge on any atom is 0.321 e. The number of rotatable bonds is 6. The summed E-state index contributed by atoms with van der Waals surface area (Å²) >= 11 is 1.76. The smallest absolute Gasteiger partial charge is 0.321 e. The Morgan fingerprint density at radius 1 is 1.00 bits per heavy atom. The first-order valence-electron chi connectivity index (χ1n) is 11.7. The summed E-state index contributed by atoms with van der Waals surface area (Å²) in [7, 11) is 0. The predicted molar refractivity (Wildman–Crippen MR) is 137 cm³/mol. The van der Waals surface area contributed by atoms with Crippen molar-refractivity contribution < 1.29 is 9.90 Å². The van der Waals surface area contributed by atoms with Crippen LogP contribution in [0.15, 0.2) is 72.1 Å². The lowest BCUT2D eigenvalue weighted by atomic mass is 9.84. The highest BCUT2D eigenvalue weighted by Gasteiger charge is 2.41. The molecule has 1 fully saturated rings. The molecular weight excluding hydrogens is 428 g/mol. The van der Waals surface area contributed by atoms with E-state index in [0.717, 1.165) is 19.6 Å². The molecule has 1 unspecified atom stereocenters. The standard InChI is InChI=1S/C28H34N2O2S/c1-20-19-29(15-16-30(20)26(27(31)32)28(2,3)4)25(21-10-6-5-7-11-21)23-13-8-12-22(18-23)24-14-9-17-33-24/h5-14,17-18,20,25-26H,15-16,19H2,1-4H3,(H,31,32)/t20-,25-,26?/m1/s1. The lowest BCUT2D eigenvalue weighted by Gasteiger charge is -2.48. The second-order valence-electron chi connectivity index (χ2n) is 10.1. The van der Waals surface area contributed by atoms with E-state index in [1.807, 2.05) is 20.8 Å². The lowest BCUT2D eigenvalue weighted by Crippen LogP contribution is -2.61. The summed E-state index contributed by atoms with van der Waals surface area (Å²) < 4.78 is 0. The maximum absolute atomic E-state index is 12.1. The lowest BCUT2D eigenvalue weighted by molar-refractivity contribution is -0.150. The minimum Gasteiger partial charge on any atom is -0.480 e. The first kappa shape index (κ1) is 23.7. The molecule has 3 atom stereocenters. The van der Waals surface area contributed by atoms with E-state index in [1.165, 1.54) is 21.6 Å². The van der Waals surface area contributed by atoms with Crippen molar-refractivity contribution in [2.24, 2.45) is 5.41 Å². The van der Waals surface area contributed by atoms with Crippen molar-refractivity contribution in [3.8, 4) is 10.4 Å². The van der Waals surface area contributed by atoms with Gasteiger partial charge in [0.1, 0.15) is 6.04 Å². The van der Waals surface area contributed by atoms with Crippen molar-refractivity contribution in [2.75, 3.05) is 19.6 Å². The van der Waals surface area contributed by atoms with Gasteiger partial charge in [0.2, 0.25) is 0 Å². The first-order chi connectivity index (χ1) is 15.8. The average Bonchev–Trinajstić information content (AvgIpc) is 3.31. The molecular formula is C28H34N2O2S. The SMILES string of the molecule is C[C@@H]1CN([C@H](c2ccccc2)c2cccc(-c3cccs3)c2)CCN1C(C(=O)O)C(C)(C)C. The molecule has 1 saturated heterocycles. The zero-order valence-corrected chi connectivity index (χ0v) is 20.8. The van der Waals surface area contributed by atoms with Gasteiger partial charge >= 0.3 is 5.97 Å². The number of nitrogens with zero attached hydrogens (tertiary/aromatic N) is 2. The van der Waals surface area contributed by atoms with Crippen molar-refractivity contribution in [2.45, 2.75) is 45.8 Å². The number of hydrogen-bond donors (Lipinski definition) is 1. The van der Waals surface area contributed by atoms with Crippen molar-refractivity contribution in [1.82, 2.24) is 9.80 Å². The second kappa shape index (κ2) is 9.80. The summed E-state index contributed by atoms with van der Waals surface area (Å²) in [6, 6.07) is 23.6. The van der Waals surface area contributed by atoms with Crippen LogP contribution in [0.2, 0.25) is 0 Å². The Labute approximate surface area is 201 Å². The van der Waals surface area contributed by atoms with Crippen LogP contribution in [-0.4, -0.2) is 52.6 Å². The van der Waals surface area contributed by atoms with Gasteiger partial charge in [0, 0.05) is 30.6 Å². The molecule has 0 spiro atoms. The summed E-state index contributed by atoms with van der Waals surface area (Å²) in [5.74, 6) is -0.731. The number of thiophene rings is 1. The van der Waals surface area contributed by atoms with Crippen LogP contribution in [0, 0.1) is 5.41 Å². The van der Waals surface area contributed by atoms with Crippen molar-refractivity contribution in [1.29, 1.82) is 0 Å². The normalized spacial score (nSPS) is 19.8. The van der Waals surface area contributed by atoms with E-state index < -0.39 is 12.0 Å². The molecule has 4 nitrogen and oxygen atoms in total. The summed E-state index contributed by atoms with van der Waals surface area (Å²) in [5, 5.41) is 12.1. The molecule has 5 heteroatoms. The number of piperazine rings is 1. The zero-order chi connectivity index (χ0) is 23.6. The van der Waals surface area contributed by atoms with Gasteiger partial charge in [-0.25, -0.2) is 0 Å². The minimum atomic E-state index is -0.731. The van der Waals surface area contributed by atoms with E-state index in [1.54, 1.807) is 11.3 Å². The molecule has 1 aromatic heterocycles. The number of aliphatic carboxylic acids is 1. The van der Waals surface area contributed by atoms with Gasteiger partial charge in [-0.1, -0.05) is 75.4 Å². The monoisotopic (exact) mass is 462 g/mol. The zero-order valence-electron chi connectivity index (χ0n) is 19.9. The molecule has 0 amide bonds. The fourth-order valence-corrected chi connectivity index (χ4v) is 5.91. The van der Waals surface area contributed by atoms with E-state index in [2.05, 4.69) is 88.8 Å². The quantitative estimate of drug-likeness (QED) is 0.487. The Bertz CT molecular complexity index is 1060. The number of hydrogen-bond acceptors (Lipinski definition) is 4. The molecule has 0 radical (unpaired) electrons. The summed E-state index contributed by atoms with van der Waals surface area (Å²) in [6.07, 6.45) is 0. The highest BCUT2D eigenvalue weighted by atomic mass is 32.1. The topological polar surface area (TPSA) is 43.8 Å². The van der Waals surface area contributed by atoms with Crippen molar-refractivity contribution in [3.63, 3.8) is 0 Å². The van der Waals surface area contributed by atoms with Gasteiger partial charge < -0.3 is 5.11 Å². The highest BCUT2D eigenvalue weighted by Crippen LogP contribution is 2.35. The van der Waals surface area contributed by atoms with E-state index in [9.17, 15) is 9.90 Å². The number of carbonyl (C=O) groups is 1. The summed E-state index contributed by atoms with van der Waals surface area (Å²) in [6.45, 7) is 10.6. The van der Waals surface area contributed by atoms with Crippen LogP contribution in [0.3, 0.4) is 0 Å². The Kier molecular flexibility index (Phi) is 7.03. The predicted octanol–water partition coefficient (Wildman–Crippen LogP) is 6.01. The van der Waals surface area contributed by atoms with Gasteiger partial charge in [0.15, 0.2) is 0 Å². The van der Waals surface area contributed by atoms with Crippen LogP contribution >= 0.6 is 11.3 Å². The van der Waals surface area contributed by atoms with Gasteiger partial charge in [0.25, 0.3) is 0 Å². The minimum absolute atomic E-state index is 0.133.